The number of alkyl halides is 3. The van der Waals surface area contributed by atoms with E-state index < -0.39 is 113 Å². The van der Waals surface area contributed by atoms with Crippen molar-refractivity contribution in [1.82, 2.24) is 52.1 Å². The molecule has 0 bridgehead atoms. The number of nitrogens with zero attached hydrogens (tertiary/aromatic N) is 3. The molecule has 0 spiro atoms. The van der Waals surface area contributed by atoms with Gasteiger partial charge in [0.15, 0.2) is 5.96 Å². The second kappa shape index (κ2) is 28.8. The van der Waals surface area contributed by atoms with E-state index in [0.717, 1.165) is 24.3 Å². The lowest BCUT2D eigenvalue weighted by Gasteiger charge is -2.32. The van der Waals surface area contributed by atoms with E-state index >= 15 is 0 Å². The number of imidazole rings is 1. The zero-order chi connectivity index (χ0) is 55.4. The Balaban J connectivity index is 1.62. The van der Waals surface area contributed by atoms with Gasteiger partial charge < -0.3 is 63.7 Å². The largest absolute Gasteiger partial charge is 0.480 e. The quantitative estimate of drug-likeness (QED) is 0.0267. The van der Waals surface area contributed by atoms with E-state index in [1.807, 2.05) is 0 Å². The van der Waals surface area contributed by atoms with Gasteiger partial charge in [-0.2, -0.15) is 13.2 Å². The molecule has 1 unspecified atom stereocenters. The monoisotopic (exact) mass is 1050 g/mol. The number of nitrogens with two attached hydrogens (primary N) is 2. The highest BCUT2D eigenvalue weighted by molar-refractivity contribution is 5.98. The Kier molecular flexibility index (Phi) is 23.0. The van der Waals surface area contributed by atoms with Crippen LogP contribution in [0.1, 0.15) is 82.2 Å². The number of rotatable bonds is 28. The second-order valence-corrected chi connectivity index (χ2v) is 18.8. The first-order valence-corrected chi connectivity index (χ1v) is 24.7. The van der Waals surface area contributed by atoms with Crippen molar-refractivity contribution in [3.05, 3.63) is 89.5 Å². The molecule has 0 radical (unpaired) electrons. The molecule has 2 aromatic carbocycles. The van der Waals surface area contributed by atoms with Gasteiger partial charge in [-0.05, 0) is 67.8 Å². The van der Waals surface area contributed by atoms with Crippen LogP contribution in [0.2, 0.25) is 0 Å². The van der Waals surface area contributed by atoms with Gasteiger partial charge in [-0.25, -0.2) is 9.78 Å². The van der Waals surface area contributed by atoms with Crippen molar-refractivity contribution in [2.45, 2.75) is 128 Å². The Morgan fingerprint density at radius 2 is 1.40 bits per heavy atom. The Labute approximate surface area is 433 Å². The maximum atomic E-state index is 14.6. The number of likely N-dealkylation sites (tertiary alicyclic amines) is 1. The van der Waals surface area contributed by atoms with Crippen LogP contribution in [0.3, 0.4) is 0 Å². The van der Waals surface area contributed by atoms with Gasteiger partial charge in [-0.1, -0.05) is 76.6 Å². The molecule has 7 amide bonds. The van der Waals surface area contributed by atoms with Crippen LogP contribution in [0.4, 0.5) is 13.2 Å². The summed E-state index contributed by atoms with van der Waals surface area (Å²) in [6.07, 6.45) is -1.21. The van der Waals surface area contributed by atoms with E-state index in [-0.39, 0.29) is 69.7 Å². The predicted octanol–water partition coefficient (Wildman–Crippen LogP) is 0.416. The fraction of sp³-hybridized carbons (Fsp3) is 0.520. The van der Waals surface area contributed by atoms with Crippen molar-refractivity contribution in [2.24, 2.45) is 28.3 Å². The molecular weight excluding hydrogens is 984 g/mol. The van der Waals surface area contributed by atoms with Crippen molar-refractivity contribution < 1.29 is 56.6 Å². The molecule has 22 nitrogen and oxygen atoms in total. The summed E-state index contributed by atoms with van der Waals surface area (Å²) in [7, 11) is 1.53. The number of amides is 7. The summed E-state index contributed by atoms with van der Waals surface area (Å²) in [4.78, 5) is 122. The molecule has 410 valence electrons. The number of likely N-dealkylation sites (N-methyl/N-ethyl adjacent to an activating group) is 1. The first-order valence-electron chi connectivity index (χ1n) is 24.7. The fourth-order valence-corrected chi connectivity index (χ4v) is 8.36. The summed E-state index contributed by atoms with van der Waals surface area (Å²) >= 11 is 0. The number of nitrogens with one attached hydrogen (secondary N) is 8. The summed E-state index contributed by atoms with van der Waals surface area (Å²) < 4.78 is 40.8. The number of aromatic nitrogens is 2. The summed E-state index contributed by atoms with van der Waals surface area (Å²) in [6.45, 7) is 6.72. The van der Waals surface area contributed by atoms with Gasteiger partial charge in [-0.3, -0.25) is 38.6 Å². The zero-order valence-corrected chi connectivity index (χ0v) is 42.7. The van der Waals surface area contributed by atoms with Gasteiger partial charge in [0.1, 0.15) is 42.3 Å². The van der Waals surface area contributed by atoms with Crippen LogP contribution in [0.5, 0.6) is 0 Å². The SMILES string of the molecule is CC[C@H](C)[C@H](NC(=O)C(Cc1ccc(C(F)(F)F)cc1)NC(=O)[C@@H](NC(=O)[C@H](CCCN=C(N)N)NC(=O)CNC)C(C)C)C(=O)N[C@@H](Cc1cnc[nH]1)C(=O)N1CCC[C@H]1C(=O)N[C@@H](Cc1ccccc1)C(=O)O. The minimum absolute atomic E-state index is 0.0179. The lowest BCUT2D eigenvalue weighted by atomic mass is 9.96. The molecule has 4 rings (SSSR count). The minimum Gasteiger partial charge on any atom is -0.480 e. The third-order valence-corrected chi connectivity index (χ3v) is 12.7. The van der Waals surface area contributed by atoms with Crippen LogP contribution < -0.4 is 48.7 Å². The molecule has 2 heterocycles. The molecular formula is C50H70F3N13O9. The molecule has 1 saturated heterocycles. The van der Waals surface area contributed by atoms with Gasteiger partial charge >= 0.3 is 12.1 Å². The van der Waals surface area contributed by atoms with E-state index in [9.17, 15) is 56.6 Å². The van der Waals surface area contributed by atoms with Crippen molar-refractivity contribution in [3.63, 3.8) is 0 Å². The third kappa shape index (κ3) is 18.7. The highest BCUT2D eigenvalue weighted by Gasteiger charge is 2.41. The molecule has 75 heavy (non-hydrogen) atoms. The van der Waals surface area contributed by atoms with Crippen LogP contribution in [0, 0.1) is 11.8 Å². The van der Waals surface area contributed by atoms with Crippen LogP contribution in [-0.2, 0) is 63.8 Å². The van der Waals surface area contributed by atoms with E-state index in [2.05, 4.69) is 52.2 Å². The molecule has 0 aliphatic carbocycles. The second-order valence-electron chi connectivity index (χ2n) is 18.8. The summed E-state index contributed by atoms with van der Waals surface area (Å²) in [5.74, 6) is -8.00. The van der Waals surface area contributed by atoms with Crippen molar-refractivity contribution in [3.8, 4) is 0 Å². The molecule has 8 atom stereocenters. The van der Waals surface area contributed by atoms with Gasteiger partial charge in [0, 0.05) is 44.2 Å². The molecule has 1 aliphatic rings. The maximum Gasteiger partial charge on any atom is 0.416 e. The number of aliphatic carboxylic acids is 1. The summed E-state index contributed by atoms with van der Waals surface area (Å²) in [6, 6.07) is 3.40. The number of carbonyl (C=O) groups is 8. The zero-order valence-electron chi connectivity index (χ0n) is 42.7. The molecule has 0 saturated carbocycles. The average Bonchev–Trinajstić information content (AvgIpc) is 4.08. The van der Waals surface area contributed by atoms with Crippen molar-refractivity contribution >= 4 is 53.3 Å². The number of aliphatic imine (C=N–C) groups is 1. The normalized spacial score (nSPS) is 16.2. The highest BCUT2D eigenvalue weighted by Crippen LogP contribution is 2.29. The Bertz CT molecular complexity index is 2420. The first kappa shape index (κ1) is 60.0. The number of aromatic amines is 1. The van der Waals surface area contributed by atoms with E-state index in [0.29, 0.717) is 24.1 Å². The number of benzene rings is 2. The van der Waals surface area contributed by atoms with Crippen LogP contribution >= 0.6 is 0 Å². The van der Waals surface area contributed by atoms with E-state index in [1.54, 1.807) is 58.0 Å². The van der Waals surface area contributed by atoms with Crippen molar-refractivity contribution in [1.29, 1.82) is 0 Å². The van der Waals surface area contributed by atoms with Gasteiger partial charge in [0.05, 0.1) is 18.4 Å². The van der Waals surface area contributed by atoms with Gasteiger partial charge in [0.25, 0.3) is 0 Å². The van der Waals surface area contributed by atoms with Crippen LogP contribution in [0.15, 0.2) is 72.1 Å². The number of hydrogen-bond acceptors (Lipinski definition) is 11. The summed E-state index contributed by atoms with van der Waals surface area (Å²) in [5.41, 5.74) is 11.2. The molecule has 13 N–H and O–H groups in total. The Morgan fingerprint density at radius 1 is 0.787 bits per heavy atom. The van der Waals surface area contributed by atoms with E-state index in [4.69, 9.17) is 11.5 Å². The number of hydrogen-bond donors (Lipinski definition) is 11. The van der Waals surface area contributed by atoms with Gasteiger partial charge in [-0.15, -0.1) is 0 Å². The molecule has 25 heteroatoms. The topological polar surface area (TPSA) is 337 Å². The molecule has 1 aromatic heterocycles. The fourth-order valence-electron chi connectivity index (χ4n) is 8.36. The molecule has 1 aliphatic heterocycles. The summed E-state index contributed by atoms with van der Waals surface area (Å²) in [5, 5.41) is 28.6. The number of halogens is 3. The first-order chi connectivity index (χ1) is 35.5. The number of carboxylic acid groups (broad SMARTS) is 1. The lowest BCUT2D eigenvalue weighted by molar-refractivity contribution is -0.145. The van der Waals surface area contributed by atoms with E-state index in [1.165, 1.54) is 24.5 Å². The van der Waals surface area contributed by atoms with Crippen LogP contribution in [0.25, 0.3) is 0 Å². The predicted molar refractivity (Wildman–Crippen MR) is 270 cm³/mol. The minimum atomic E-state index is -4.68. The highest BCUT2D eigenvalue weighted by atomic mass is 19.4. The Morgan fingerprint density at radius 3 is 1.99 bits per heavy atom. The van der Waals surface area contributed by atoms with Crippen molar-refractivity contribution in [2.75, 3.05) is 26.7 Å². The number of carbonyl (C=O) groups excluding carboxylic acids is 7. The molecule has 1 fully saturated rings. The van der Waals surface area contributed by atoms with Crippen LogP contribution in [-0.4, -0.2) is 142 Å². The average molecular weight is 1050 g/mol. The smallest absolute Gasteiger partial charge is 0.416 e. The third-order valence-electron chi connectivity index (χ3n) is 12.7. The Hall–Kier alpha value is -7.57. The maximum absolute atomic E-state index is 14.6. The standard InChI is InChI=1S/C50H70F3N13O9/c1-6-29(4)41(46(72)62-36(24-33-25-57-27-59-33)47(73)66-21-11-15-38(66)44(70)63-37(48(74)75)23-30-12-8-7-9-13-30)65-43(69)35(22-31-16-18-32(19-17-31)50(51,52)53)61-45(71)40(28(2)3)64-42(68)34(60-39(67)26-56-5)14-10-20-58-49(54)55/h7-9,12-13,16-19,25,27-29,34-38,40-41,56H,6,10-11,14-15,20-24,26H2,1-5H3,(H,57,59)(H,60,67)(H,61,71)(H,62,72)(H,63,70)(H,64,68)(H,65,69)(H,74,75)(H4,54,55,58)/t29-,34-,35?,36-,37-,38-,40-,41-/m0/s1. The molecule has 3 aromatic rings. The number of carboxylic acids is 1. The lowest BCUT2D eigenvalue weighted by Crippen LogP contribution is -2.62. The number of H-pyrrole nitrogens is 1. The van der Waals surface area contributed by atoms with Gasteiger partial charge in [0.2, 0.25) is 41.4 Å². The number of guanidine groups is 1.